The molecule has 2 heterocycles. The largest absolute Gasteiger partial charge is 0.404 e. The molecule has 0 unspecified atom stereocenters. The van der Waals surface area contributed by atoms with Crippen LogP contribution in [0.4, 0.5) is 0 Å². The smallest absolute Gasteiger partial charge is 0.342 e. The van der Waals surface area contributed by atoms with Gasteiger partial charge in [0.1, 0.15) is 6.33 Å². The normalized spacial score (nSPS) is 12.1. The third-order valence-electron chi connectivity index (χ3n) is 2.97. The number of para-hydroxylation sites is 1. The number of hydrogen-bond acceptors (Lipinski definition) is 5. The van der Waals surface area contributed by atoms with Crippen molar-refractivity contribution in [3.63, 3.8) is 0 Å². The molecule has 0 aliphatic carbocycles. The lowest BCUT2D eigenvalue weighted by atomic mass is 10.1. The van der Waals surface area contributed by atoms with Crippen LogP contribution in [0.25, 0.3) is 5.69 Å². The molecule has 2 aromatic heterocycles. The van der Waals surface area contributed by atoms with E-state index in [1.54, 1.807) is 17.2 Å². The van der Waals surface area contributed by atoms with E-state index in [-0.39, 0.29) is 12.1 Å². The van der Waals surface area contributed by atoms with Gasteiger partial charge in [0.15, 0.2) is 0 Å². The monoisotopic (exact) mass is 281 g/mol. The maximum atomic E-state index is 5.90. The van der Waals surface area contributed by atoms with Crippen LogP contribution in [0, 0.1) is 0 Å². The molecule has 0 aliphatic heterocycles. The molecule has 1 atom stereocenters. The van der Waals surface area contributed by atoms with E-state index in [4.69, 9.17) is 10.5 Å². The molecule has 106 valence electrons. The predicted molar refractivity (Wildman–Crippen MR) is 78.3 cm³/mol. The molecule has 0 spiro atoms. The minimum Gasteiger partial charge on any atom is -0.404 e. The Hall–Kier alpha value is -2.73. The quantitative estimate of drug-likeness (QED) is 0.794. The summed E-state index contributed by atoms with van der Waals surface area (Å²) in [4.78, 5) is 8.32. The van der Waals surface area contributed by atoms with E-state index in [2.05, 4.69) is 15.1 Å². The Labute approximate surface area is 122 Å². The highest BCUT2D eigenvalue weighted by Gasteiger charge is 2.12. The lowest BCUT2D eigenvalue weighted by Crippen LogP contribution is -2.07. The number of rotatable bonds is 4. The van der Waals surface area contributed by atoms with E-state index in [0.29, 0.717) is 5.88 Å². The molecule has 0 amide bonds. The van der Waals surface area contributed by atoms with Crippen LogP contribution in [0.5, 0.6) is 11.9 Å². The zero-order valence-electron chi connectivity index (χ0n) is 11.5. The lowest BCUT2D eigenvalue weighted by molar-refractivity contribution is 0.416. The van der Waals surface area contributed by atoms with Crippen molar-refractivity contribution in [3.8, 4) is 17.6 Å². The van der Waals surface area contributed by atoms with Crippen molar-refractivity contribution in [1.82, 2.24) is 19.7 Å². The number of aromatic nitrogens is 4. The standard InChI is InChI=1S/C15H15N5O/c1-11(16)13-8-5-9-17-14(13)21-15-18-10-20(19-15)12-6-3-2-4-7-12/h2-11H,16H2,1H3/t11-/m0/s1. The van der Waals surface area contributed by atoms with Crippen molar-refractivity contribution in [1.29, 1.82) is 0 Å². The van der Waals surface area contributed by atoms with Crippen LogP contribution in [0.15, 0.2) is 55.0 Å². The number of nitrogens with two attached hydrogens (primary N) is 1. The van der Waals surface area contributed by atoms with E-state index in [1.807, 2.05) is 49.4 Å². The Morgan fingerprint density at radius 3 is 2.67 bits per heavy atom. The van der Waals surface area contributed by atoms with Crippen molar-refractivity contribution in [3.05, 3.63) is 60.6 Å². The van der Waals surface area contributed by atoms with Crippen LogP contribution in [-0.2, 0) is 0 Å². The number of nitrogens with zero attached hydrogens (tertiary/aromatic N) is 4. The molecular formula is C15H15N5O. The fraction of sp³-hybridized carbons (Fsp3) is 0.133. The summed E-state index contributed by atoms with van der Waals surface area (Å²) in [5.41, 5.74) is 7.62. The van der Waals surface area contributed by atoms with Gasteiger partial charge in [0.25, 0.3) is 0 Å². The summed E-state index contributed by atoms with van der Waals surface area (Å²) in [7, 11) is 0. The molecule has 0 saturated carbocycles. The maximum Gasteiger partial charge on any atom is 0.342 e. The molecule has 6 nitrogen and oxygen atoms in total. The minimum absolute atomic E-state index is 0.176. The van der Waals surface area contributed by atoms with Crippen molar-refractivity contribution in [2.75, 3.05) is 0 Å². The van der Waals surface area contributed by atoms with Crippen molar-refractivity contribution in [2.24, 2.45) is 5.73 Å². The highest BCUT2D eigenvalue weighted by molar-refractivity contribution is 5.31. The molecule has 0 aliphatic rings. The van der Waals surface area contributed by atoms with Gasteiger partial charge in [-0.05, 0) is 25.1 Å². The molecule has 1 aromatic carbocycles. The summed E-state index contributed by atoms with van der Waals surface area (Å²) in [6, 6.07) is 13.4. The Bertz CT molecular complexity index is 724. The van der Waals surface area contributed by atoms with Gasteiger partial charge in [-0.3, -0.25) is 0 Å². The van der Waals surface area contributed by atoms with E-state index in [0.717, 1.165) is 11.3 Å². The zero-order chi connectivity index (χ0) is 14.7. The van der Waals surface area contributed by atoms with Crippen LogP contribution in [-0.4, -0.2) is 19.7 Å². The SMILES string of the molecule is C[C@H](N)c1cccnc1Oc1ncn(-c2ccccc2)n1. The molecule has 0 bridgehead atoms. The zero-order valence-corrected chi connectivity index (χ0v) is 11.5. The Morgan fingerprint density at radius 1 is 1.10 bits per heavy atom. The molecular weight excluding hydrogens is 266 g/mol. The molecule has 3 rings (SSSR count). The van der Waals surface area contributed by atoms with Crippen LogP contribution in [0.2, 0.25) is 0 Å². The third kappa shape index (κ3) is 2.90. The molecule has 6 heteroatoms. The highest BCUT2D eigenvalue weighted by Crippen LogP contribution is 2.24. The Balaban J connectivity index is 1.86. The van der Waals surface area contributed by atoms with Crippen LogP contribution in [0.3, 0.4) is 0 Å². The number of hydrogen-bond donors (Lipinski definition) is 1. The topological polar surface area (TPSA) is 78.9 Å². The van der Waals surface area contributed by atoms with Gasteiger partial charge in [-0.25, -0.2) is 9.67 Å². The van der Waals surface area contributed by atoms with Crippen molar-refractivity contribution < 1.29 is 4.74 Å². The van der Waals surface area contributed by atoms with Gasteiger partial charge in [0, 0.05) is 17.8 Å². The second kappa shape index (κ2) is 5.72. The minimum atomic E-state index is -0.176. The third-order valence-corrected chi connectivity index (χ3v) is 2.97. The number of benzene rings is 1. The Morgan fingerprint density at radius 2 is 1.90 bits per heavy atom. The van der Waals surface area contributed by atoms with E-state index < -0.39 is 0 Å². The summed E-state index contributed by atoms with van der Waals surface area (Å²) in [6.07, 6.45) is 3.24. The van der Waals surface area contributed by atoms with Crippen LogP contribution < -0.4 is 10.5 Å². The second-order valence-electron chi connectivity index (χ2n) is 4.60. The van der Waals surface area contributed by atoms with Gasteiger partial charge in [-0.2, -0.15) is 4.98 Å². The first-order valence-electron chi connectivity index (χ1n) is 6.59. The maximum absolute atomic E-state index is 5.90. The summed E-state index contributed by atoms with van der Waals surface area (Å²) >= 11 is 0. The fourth-order valence-corrected chi connectivity index (χ4v) is 1.92. The lowest BCUT2D eigenvalue weighted by Gasteiger charge is -2.09. The van der Waals surface area contributed by atoms with Gasteiger partial charge in [0.2, 0.25) is 5.88 Å². The summed E-state index contributed by atoms with van der Waals surface area (Å²) in [5, 5.41) is 4.28. The molecule has 0 radical (unpaired) electrons. The van der Waals surface area contributed by atoms with Crippen LogP contribution >= 0.6 is 0 Å². The average Bonchev–Trinajstić information content (AvgIpc) is 2.97. The number of ether oxygens (including phenoxy) is 1. The molecule has 21 heavy (non-hydrogen) atoms. The van der Waals surface area contributed by atoms with Crippen LogP contribution in [0.1, 0.15) is 18.5 Å². The first kappa shape index (κ1) is 13.3. The summed E-state index contributed by atoms with van der Waals surface area (Å²) < 4.78 is 7.28. The summed E-state index contributed by atoms with van der Waals surface area (Å²) in [6.45, 7) is 1.87. The van der Waals surface area contributed by atoms with Gasteiger partial charge in [-0.1, -0.05) is 24.3 Å². The average molecular weight is 281 g/mol. The molecule has 3 aromatic rings. The van der Waals surface area contributed by atoms with Gasteiger partial charge < -0.3 is 10.5 Å². The fourth-order valence-electron chi connectivity index (χ4n) is 1.92. The van der Waals surface area contributed by atoms with Gasteiger partial charge in [0.05, 0.1) is 5.69 Å². The van der Waals surface area contributed by atoms with Crippen molar-refractivity contribution >= 4 is 0 Å². The molecule has 0 saturated heterocycles. The first-order chi connectivity index (χ1) is 10.2. The van der Waals surface area contributed by atoms with E-state index >= 15 is 0 Å². The highest BCUT2D eigenvalue weighted by atomic mass is 16.5. The second-order valence-corrected chi connectivity index (χ2v) is 4.60. The first-order valence-corrected chi connectivity index (χ1v) is 6.59. The van der Waals surface area contributed by atoms with E-state index in [9.17, 15) is 0 Å². The predicted octanol–water partition coefficient (Wildman–Crippen LogP) is 2.47. The number of pyridine rings is 1. The molecule has 0 fully saturated rings. The van der Waals surface area contributed by atoms with Gasteiger partial charge >= 0.3 is 6.01 Å². The molecule has 2 N–H and O–H groups in total. The summed E-state index contributed by atoms with van der Waals surface area (Å²) in [5.74, 6) is 0.429. The Kier molecular flexibility index (Phi) is 3.61. The van der Waals surface area contributed by atoms with E-state index in [1.165, 1.54) is 0 Å². The van der Waals surface area contributed by atoms with Gasteiger partial charge in [-0.15, -0.1) is 5.10 Å². The van der Waals surface area contributed by atoms with Crippen molar-refractivity contribution in [2.45, 2.75) is 13.0 Å².